The number of carbonyl (C=O) groups is 2. The SMILES string of the molecule is Cc1ccc(CN2C(=O)C3(c4ccccc42)c2c(oc4ccc(Cl)cc4c2=O)C(=O)N3CCCOC(C)C)cc1. The number of fused-ring (bicyclic) bond motifs is 5. The van der Waals surface area contributed by atoms with E-state index in [-0.39, 0.29) is 47.4 Å². The second-order valence-electron chi connectivity index (χ2n) is 10.6. The molecule has 0 saturated heterocycles. The predicted octanol–water partition coefficient (Wildman–Crippen LogP) is 5.82. The third-order valence-electron chi connectivity index (χ3n) is 7.64. The van der Waals surface area contributed by atoms with E-state index >= 15 is 0 Å². The molecule has 2 aliphatic rings. The van der Waals surface area contributed by atoms with Gasteiger partial charge in [0.2, 0.25) is 5.76 Å². The van der Waals surface area contributed by atoms with Crippen molar-refractivity contribution in [3.8, 4) is 0 Å². The summed E-state index contributed by atoms with van der Waals surface area (Å²) >= 11 is 6.25. The second-order valence-corrected chi connectivity index (χ2v) is 11.0. The van der Waals surface area contributed by atoms with Crippen LogP contribution in [0, 0.1) is 6.92 Å². The van der Waals surface area contributed by atoms with Crippen LogP contribution in [0.3, 0.4) is 0 Å². The number of amides is 2. The molecule has 0 fully saturated rings. The van der Waals surface area contributed by atoms with Crippen LogP contribution in [-0.2, 0) is 21.6 Å². The van der Waals surface area contributed by atoms with Crippen molar-refractivity contribution in [2.45, 2.75) is 45.4 Å². The molecule has 1 unspecified atom stereocenters. The average Bonchev–Trinajstić information content (AvgIpc) is 3.32. The summed E-state index contributed by atoms with van der Waals surface area (Å²) < 4.78 is 11.8. The van der Waals surface area contributed by atoms with Crippen LogP contribution in [0.15, 0.2) is 75.9 Å². The third-order valence-corrected chi connectivity index (χ3v) is 7.87. The molecule has 7 nitrogen and oxygen atoms in total. The molecule has 0 bridgehead atoms. The molecule has 0 radical (unpaired) electrons. The lowest BCUT2D eigenvalue weighted by molar-refractivity contribution is -0.126. The fourth-order valence-corrected chi connectivity index (χ4v) is 6.01. The third kappa shape index (κ3) is 3.95. The maximum atomic E-state index is 14.8. The van der Waals surface area contributed by atoms with Gasteiger partial charge in [0.05, 0.1) is 29.3 Å². The topological polar surface area (TPSA) is 80.1 Å². The molecule has 6 rings (SSSR count). The number of aryl methyl sites for hydroxylation is 1. The molecule has 1 aromatic heterocycles. The molecule has 0 N–H and O–H groups in total. The van der Waals surface area contributed by atoms with Crippen molar-refractivity contribution in [3.05, 3.63) is 110 Å². The van der Waals surface area contributed by atoms with Gasteiger partial charge in [-0.25, -0.2) is 0 Å². The van der Waals surface area contributed by atoms with Crippen molar-refractivity contribution < 1.29 is 18.7 Å². The Hall–Kier alpha value is -3.94. The van der Waals surface area contributed by atoms with E-state index < -0.39 is 16.9 Å². The molecular weight excluding hydrogens is 528 g/mol. The first kappa shape index (κ1) is 26.3. The monoisotopic (exact) mass is 556 g/mol. The van der Waals surface area contributed by atoms with Gasteiger partial charge >= 0.3 is 0 Å². The van der Waals surface area contributed by atoms with E-state index in [2.05, 4.69) is 0 Å². The lowest BCUT2D eigenvalue weighted by Crippen LogP contribution is -2.53. The van der Waals surface area contributed by atoms with E-state index in [9.17, 15) is 14.4 Å². The van der Waals surface area contributed by atoms with Crippen LogP contribution in [0.2, 0.25) is 5.02 Å². The van der Waals surface area contributed by atoms with Crippen LogP contribution >= 0.6 is 11.6 Å². The van der Waals surface area contributed by atoms with Gasteiger partial charge in [-0.15, -0.1) is 0 Å². The number of nitrogens with zero attached hydrogens (tertiary/aromatic N) is 2. The Kier molecular flexibility index (Phi) is 6.51. The molecule has 2 amide bonds. The Morgan fingerprint density at radius 3 is 2.50 bits per heavy atom. The summed E-state index contributed by atoms with van der Waals surface area (Å²) in [6.45, 7) is 6.78. The Labute approximate surface area is 236 Å². The first-order valence-corrected chi connectivity index (χ1v) is 13.8. The molecule has 40 heavy (non-hydrogen) atoms. The number of hydrogen-bond acceptors (Lipinski definition) is 5. The summed E-state index contributed by atoms with van der Waals surface area (Å²) in [7, 11) is 0. The lowest BCUT2D eigenvalue weighted by Gasteiger charge is -2.34. The van der Waals surface area contributed by atoms with Gasteiger partial charge in [0.1, 0.15) is 5.58 Å². The van der Waals surface area contributed by atoms with Crippen molar-refractivity contribution in [3.63, 3.8) is 0 Å². The fourth-order valence-electron chi connectivity index (χ4n) is 5.84. The molecule has 3 heterocycles. The highest BCUT2D eigenvalue weighted by Gasteiger charge is 2.64. The van der Waals surface area contributed by atoms with Gasteiger partial charge in [-0.2, -0.15) is 0 Å². The lowest BCUT2D eigenvalue weighted by atomic mass is 9.84. The Morgan fingerprint density at radius 2 is 1.75 bits per heavy atom. The van der Waals surface area contributed by atoms with Crippen molar-refractivity contribution in [1.82, 2.24) is 4.90 Å². The molecule has 3 aromatic carbocycles. The van der Waals surface area contributed by atoms with E-state index in [4.69, 9.17) is 20.8 Å². The van der Waals surface area contributed by atoms with Crippen molar-refractivity contribution >= 4 is 40.1 Å². The molecule has 8 heteroatoms. The normalized spacial score (nSPS) is 17.9. The van der Waals surface area contributed by atoms with E-state index in [1.54, 1.807) is 17.0 Å². The maximum absolute atomic E-state index is 14.8. The largest absolute Gasteiger partial charge is 0.450 e. The highest BCUT2D eigenvalue weighted by molar-refractivity contribution is 6.31. The summed E-state index contributed by atoms with van der Waals surface area (Å²) in [5, 5.41) is 0.589. The van der Waals surface area contributed by atoms with E-state index in [1.165, 1.54) is 11.0 Å². The number of para-hydroxylation sites is 1. The second kappa shape index (κ2) is 9.91. The van der Waals surface area contributed by atoms with Crippen molar-refractivity contribution in [2.75, 3.05) is 18.1 Å². The number of halogens is 1. The summed E-state index contributed by atoms with van der Waals surface area (Å²) in [6.07, 6.45) is 0.504. The van der Waals surface area contributed by atoms with Gasteiger partial charge in [-0.05, 0) is 57.0 Å². The van der Waals surface area contributed by atoms with Gasteiger partial charge in [0.25, 0.3) is 11.8 Å². The Morgan fingerprint density at radius 1 is 1.00 bits per heavy atom. The first-order valence-electron chi connectivity index (χ1n) is 13.4. The average molecular weight is 557 g/mol. The van der Waals surface area contributed by atoms with Crippen LogP contribution in [0.4, 0.5) is 5.69 Å². The molecule has 0 saturated carbocycles. The highest BCUT2D eigenvalue weighted by atomic mass is 35.5. The quantitative estimate of drug-likeness (QED) is 0.268. The Bertz CT molecular complexity index is 1710. The highest BCUT2D eigenvalue weighted by Crippen LogP contribution is 2.53. The van der Waals surface area contributed by atoms with Gasteiger partial charge in [0, 0.05) is 23.7 Å². The zero-order valence-electron chi connectivity index (χ0n) is 22.6. The van der Waals surface area contributed by atoms with E-state index in [0.29, 0.717) is 29.3 Å². The van der Waals surface area contributed by atoms with E-state index in [1.807, 2.05) is 69.3 Å². The van der Waals surface area contributed by atoms with Gasteiger partial charge < -0.3 is 19.0 Å². The molecule has 0 aliphatic carbocycles. The maximum Gasteiger partial charge on any atom is 0.291 e. The van der Waals surface area contributed by atoms with Gasteiger partial charge in [-0.1, -0.05) is 59.6 Å². The Balaban J connectivity index is 1.57. The molecule has 4 aromatic rings. The minimum Gasteiger partial charge on any atom is -0.450 e. The smallest absolute Gasteiger partial charge is 0.291 e. The first-order chi connectivity index (χ1) is 19.2. The van der Waals surface area contributed by atoms with Gasteiger partial charge in [-0.3, -0.25) is 14.4 Å². The molecular formula is C32H29ClN2O5. The summed E-state index contributed by atoms with van der Waals surface area (Å²) in [5.74, 6) is -0.960. The van der Waals surface area contributed by atoms with Crippen molar-refractivity contribution in [2.24, 2.45) is 0 Å². The molecule has 2 aliphatic heterocycles. The zero-order valence-corrected chi connectivity index (χ0v) is 23.3. The van der Waals surface area contributed by atoms with Crippen LogP contribution in [-0.4, -0.2) is 36.0 Å². The number of ether oxygens (including phenoxy) is 1. The number of benzene rings is 3. The number of hydrogen-bond donors (Lipinski definition) is 0. The van der Waals surface area contributed by atoms with Crippen molar-refractivity contribution in [1.29, 1.82) is 0 Å². The summed E-state index contributed by atoms with van der Waals surface area (Å²) in [6, 6.07) is 20.0. The fraction of sp³-hybridized carbons (Fsp3) is 0.281. The molecule has 204 valence electrons. The van der Waals surface area contributed by atoms with Gasteiger partial charge in [0.15, 0.2) is 11.0 Å². The van der Waals surface area contributed by atoms with Crippen LogP contribution in [0.25, 0.3) is 11.0 Å². The number of carbonyl (C=O) groups excluding carboxylic acids is 2. The van der Waals surface area contributed by atoms with Crippen LogP contribution in [0.5, 0.6) is 0 Å². The zero-order chi connectivity index (χ0) is 28.2. The standard InChI is InChI=1S/C32H29ClN2O5/c1-19(2)39-16-6-15-35-30(37)29-27(28(36)23-17-22(33)13-14-26(23)40-29)32(35)24-7-4-5-8-25(24)34(31(32)38)18-21-11-9-20(3)10-12-21/h4-5,7-14,17,19H,6,15-16,18H2,1-3H3. The minimum absolute atomic E-state index is 0.0255. The predicted molar refractivity (Wildman–Crippen MR) is 154 cm³/mol. The number of rotatable bonds is 7. The minimum atomic E-state index is -1.66. The molecule has 1 atom stereocenters. The molecule has 1 spiro atoms. The van der Waals surface area contributed by atoms with Crippen LogP contribution < -0.4 is 10.3 Å². The number of anilines is 1. The summed E-state index contributed by atoms with van der Waals surface area (Å²) in [4.78, 5) is 46.2. The van der Waals surface area contributed by atoms with Crippen LogP contribution in [0.1, 0.15) is 53.1 Å². The summed E-state index contributed by atoms with van der Waals surface area (Å²) in [5.41, 5.74) is 1.47. The van der Waals surface area contributed by atoms with E-state index in [0.717, 1.165) is 11.1 Å².